The Hall–Kier alpha value is -2.41. The lowest BCUT2D eigenvalue weighted by atomic mass is 10.1. The van der Waals surface area contributed by atoms with Gasteiger partial charge in [-0.3, -0.25) is 4.79 Å². The number of aryl methyl sites for hydroxylation is 2. The van der Waals surface area contributed by atoms with Crippen LogP contribution in [0.4, 0.5) is 0 Å². The van der Waals surface area contributed by atoms with E-state index in [1.165, 1.54) is 17.3 Å². The van der Waals surface area contributed by atoms with Crippen molar-refractivity contribution in [2.45, 2.75) is 63.3 Å². The van der Waals surface area contributed by atoms with Crippen LogP contribution in [0.25, 0.3) is 5.78 Å². The molecule has 0 radical (unpaired) electrons. The first kappa shape index (κ1) is 20.8. The number of hydrogen-bond acceptors (Lipinski definition) is 5. The SMILES string of the molecule is CCCCc1c(C)nc2nc(SC(C(=O)N3CCCC3)c3ccccc3)nn2c1C. The van der Waals surface area contributed by atoms with Gasteiger partial charge in [-0.05, 0) is 50.7 Å². The number of amides is 1. The van der Waals surface area contributed by atoms with E-state index in [-0.39, 0.29) is 11.2 Å². The van der Waals surface area contributed by atoms with Crippen molar-refractivity contribution >= 4 is 23.4 Å². The Labute approximate surface area is 182 Å². The van der Waals surface area contributed by atoms with Crippen molar-refractivity contribution in [3.63, 3.8) is 0 Å². The number of carbonyl (C=O) groups excluding carboxylic acids is 1. The Bertz CT molecular complexity index is 1030. The summed E-state index contributed by atoms with van der Waals surface area (Å²) in [6, 6.07) is 9.96. The monoisotopic (exact) mass is 423 g/mol. The van der Waals surface area contributed by atoms with Gasteiger partial charge >= 0.3 is 0 Å². The van der Waals surface area contributed by atoms with E-state index in [2.05, 4.69) is 18.8 Å². The zero-order valence-electron chi connectivity index (χ0n) is 18.0. The zero-order chi connectivity index (χ0) is 21.1. The molecule has 0 N–H and O–H groups in total. The molecule has 30 heavy (non-hydrogen) atoms. The number of carbonyl (C=O) groups is 1. The molecule has 3 heterocycles. The van der Waals surface area contributed by atoms with Gasteiger partial charge in [0, 0.05) is 24.5 Å². The second kappa shape index (κ2) is 9.16. The smallest absolute Gasteiger partial charge is 0.253 e. The van der Waals surface area contributed by atoms with E-state index in [9.17, 15) is 4.79 Å². The minimum atomic E-state index is -0.345. The second-order valence-electron chi connectivity index (χ2n) is 7.91. The van der Waals surface area contributed by atoms with E-state index < -0.39 is 0 Å². The fourth-order valence-corrected chi connectivity index (χ4v) is 5.07. The lowest BCUT2D eigenvalue weighted by Gasteiger charge is -2.22. The maximum atomic E-state index is 13.3. The Balaban J connectivity index is 1.67. The van der Waals surface area contributed by atoms with Crippen LogP contribution in [0.3, 0.4) is 0 Å². The Morgan fingerprint density at radius 2 is 1.87 bits per heavy atom. The van der Waals surface area contributed by atoms with E-state index in [0.717, 1.165) is 62.1 Å². The van der Waals surface area contributed by atoms with Crippen LogP contribution in [0, 0.1) is 13.8 Å². The van der Waals surface area contributed by atoms with Gasteiger partial charge < -0.3 is 4.90 Å². The minimum absolute atomic E-state index is 0.145. The summed E-state index contributed by atoms with van der Waals surface area (Å²) in [6.07, 6.45) is 5.43. The molecule has 1 saturated heterocycles. The molecule has 0 bridgehead atoms. The van der Waals surface area contributed by atoms with Crippen LogP contribution in [0.2, 0.25) is 0 Å². The predicted molar refractivity (Wildman–Crippen MR) is 120 cm³/mol. The maximum Gasteiger partial charge on any atom is 0.253 e. The molecule has 6 nitrogen and oxygen atoms in total. The molecule has 4 rings (SSSR count). The van der Waals surface area contributed by atoms with Crippen molar-refractivity contribution < 1.29 is 4.79 Å². The lowest BCUT2D eigenvalue weighted by Crippen LogP contribution is -2.31. The highest BCUT2D eigenvalue weighted by Crippen LogP contribution is 2.36. The number of unbranched alkanes of at least 4 members (excludes halogenated alkanes) is 1. The molecule has 1 fully saturated rings. The standard InChI is InChI=1S/C23H29N5OS/c1-4-5-13-19-16(2)24-22-25-23(26-28(22)17(19)3)30-20(18-11-7-6-8-12-18)21(29)27-14-9-10-15-27/h6-8,11-12,20H,4-5,9-10,13-15H2,1-3H3. The molecule has 2 aromatic heterocycles. The highest BCUT2D eigenvalue weighted by molar-refractivity contribution is 8.00. The molecule has 1 unspecified atom stereocenters. The highest BCUT2D eigenvalue weighted by Gasteiger charge is 2.30. The largest absolute Gasteiger partial charge is 0.341 e. The van der Waals surface area contributed by atoms with Crippen LogP contribution >= 0.6 is 11.8 Å². The summed E-state index contributed by atoms with van der Waals surface area (Å²) in [7, 11) is 0. The molecule has 1 atom stereocenters. The molecule has 1 aliphatic heterocycles. The van der Waals surface area contributed by atoms with Crippen LogP contribution in [0.15, 0.2) is 35.5 Å². The van der Waals surface area contributed by atoms with E-state index in [1.807, 2.05) is 46.7 Å². The van der Waals surface area contributed by atoms with Crippen molar-refractivity contribution in [1.82, 2.24) is 24.5 Å². The van der Waals surface area contributed by atoms with Gasteiger partial charge in [0.2, 0.25) is 11.1 Å². The first-order valence-corrected chi connectivity index (χ1v) is 11.7. The van der Waals surface area contributed by atoms with Crippen LogP contribution < -0.4 is 0 Å². The number of fused-ring (bicyclic) bond motifs is 1. The summed E-state index contributed by atoms with van der Waals surface area (Å²) >= 11 is 1.43. The molecule has 1 aliphatic rings. The molecule has 0 spiro atoms. The van der Waals surface area contributed by atoms with Gasteiger partial charge in [-0.1, -0.05) is 55.4 Å². The summed E-state index contributed by atoms with van der Waals surface area (Å²) in [5, 5.41) is 4.98. The Kier molecular flexibility index (Phi) is 6.37. The van der Waals surface area contributed by atoms with Crippen molar-refractivity contribution in [2.75, 3.05) is 13.1 Å². The van der Waals surface area contributed by atoms with Gasteiger partial charge in [-0.15, -0.1) is 5.10 Å². The predicted octanol–water partition coefficient (Wildman–Crippen LogP) is 4.54. The molecule has 7 heteroatoms. The summed E-state index contributed by atoms with van der Waals surface area (Å²) in [5.74, 6) is 0.750. The molecule has 1 amide bonds. The molecule has 0 saturated carbocycles. The molecular weight excluding hydrogens is 394 g/mol. The Morgan fingerprint density at radius 3 is 2.57 bits per heavy atom. The minimum Gasteiger partial charge on any atom is -0.341 e. The molecule has 1 aromatic carbocycles. The number of aromatic nitrogens is 4. The number of rotatable bonds is 7. The molecule has 0 aliphatic carbocycles. The average molecular weight is 424 g/mol. The van der Waals surface area contributed by atoms with Crippen LogP contribution in [0.1, 0.15) is 60.4 Å². The van der Waals surface area contributed by atoms with Crippen molar-refractivity contribution in [3.8, 4) is 0 Å². The van der Waals surface area contributed by atoms with Crippen LogP contribution in [-0.2, 0) is 11.2 Å². The fourth-order valence-electron chi connectivity index (χ4n) is 4.05. The molecule has 3 aromatic rings. The van der Waals surface area contributed by atoms with Gasteiger partial charge in [-0.25, -0.2) is 9.50 Å². The number of nitrogens with zero attached hydrogens (tertiary/aromatic N) is 5. The van der Waals surface area contributed by atoms with Crippen molar-refractivity contribution in [2.24, 2.45) is 0 Å². The normalized spacial score (nSPS) is 15.1. The van der Waals surface area contributed by atoms with E-state index in [4.69, 9.17) is 10.1 Å². The van der Waals surface area contributed by atoms with E-state index in [1.54, 1.807) is 0 Å². The Morgan fingerprint density at radius 1 is 1.13 bits per heavy atom. The average Bonchev–Trinajstić information content (AvgIpc) is 3.42. The first-order valence-electron chi connectivity index (χ1n) is 10.8. The van der Waals surface area contributed by atoms with Gasteiger partial charge in [-0.2, -0.15) is 4.98 Å². The number of benzene rings is 1. The lowest BCUT2D eigenvalue weighted by molar-refractivity contribution is -0.129. The zero-order valence-corrected chi connectivity index (χ0v) is 18.8. The number of hydrogen-bond donors (Lipinski definition) is 0. The molecular formula is C23H29N5OS. The highest BCUT2D eigenvalue weighted by atomic mass is 32.2. The van der Waals surface area contributed by atoms with Crippen molar-refractivity contribution in [1.29, 1.82) is 0 Å². The maximum absolute atomic E-state index is 13.3. The van der Waals surface area contributed by atoms with Crippen LogP contribution in [0.5, 0.6) is 0 Å². The fraction of sp³-hybridized carbons (Fsp3) is 0.478. The number of likely N-dealkylation sites (tertiary alicyclic amines) is 1. The second-order valence-corrected chi connectivity index (χ2v) is 8.98. The number of thioether (sulfide) groups is 1. The van der Waals surface area contributed by atoms with Crippen molar-refractivity contribution in [3.05, 3.63) is 52.8 Å². The summed E-state index contributed by atoms with van der Waals surface area (Å²) in [5.41, 5.74) is 4.35. The quantitative estimate of drug-likeness (QED) is 0.522. The summed E-state index contributed by atoms with van der Waals surface area (Å²) < 4.78 is 1.84. The van der Waals surface area contributed by atoms with Gasteiger partial charge in [0.15, 0.2) is 0 Å². The summed E-state index contributed by atoms with van der Waals surface area (Å²) in [4.78, 5) is 24.6. The third-order valence-electron chi connectivity index (χ3n) is 5.78. The van der Waals surface area contributed by atoms with E-state index in [0.29, 0.717) is 10.9 Å². The van der Waals surface area contributed by atoms with E-state index >= 15 is 0 Å². The first-order chi connectivity index (χ1) is 14.6. The third-order valence-corrected chi connectivity index (χ3v) is 6.87. The van der Waals surface area contributed by atoms with Gasteiger partial charge in [0.05, 0.1) is 0 Å². The van der Waals surface area contributed by atoms with Gasteiger partial charge in [0.1, 0.15) is 5.25 Å². The molecule has 158 valence electrons. The topological polar surface area (TPSA) is 63.4 Å². The van der Waals surface area contributed by atoms with Gasteiger partial charge in [0.25, 0.3) is 5.78 Å². The summed E-state index contributed by atoms with van der Waals surface area (Å²) in [6.45, 7) is 7.99. The third kappa shape index (κ3) is 4.21. The van der Waals surface area contributed by atoms with Crippen LogP contribution in [-0.4, -0.2) is 43.5 Å².